The molecule has 17 heavy (non-hydrogen) atoms. The zero-order valence-electron chi connectivity index (χ0n) is 10.2. The molecule has 0 bridgehead atoms. The Labute approximate surface area is 101 Å². The summed E-state index contributed by atoms with van der Waals surface area (Å²) in [5.74, 6) is -0.0101. The predicted octanol–water partition coefficient (Wildman–Crippen LogP) is 1.63. The summed E-state index contributed by atoms with van der Waals surface area (Å²) in [5.41, 5.74) is 5.99. The Hall–Kier alpha value is -1.55. The van der Waals surface area contributed by atoms with Gasteiger partial charge in [-0.05, 0) is 24.1 Å². The molecule has 3 N–H and O–H groups in total. The molecule has 4 nitrogen and oxygen atoms in total. The second-order valence-corrected chi connectivity index (χ2v) is 4.11. The topological polar surface area (TPSA) is 72.6 Å². The molecular weight excluding hydrogens is 218 g/mol. The van der Waals surface area contributed by atoms with Crippen LogP contribution in [0.25, 0.3) is 0 Å². The van der Waals surface area contributed by atoms with E-state index < -0.39 is 6.10 Å². The van der Waals surface area contributed by atoms with Crippen LogP contribution in [0.2, 0.25) is 0 Å². The summed E-state index contributed by atoms with van der Waals surface area (Å²) in [5, 5.41) is 9.61. The van der Waals surface area contributed by atoms with E-state index in [0.29, 0.717) is 12.2 Å². The molecule has 1 unspecified atom stereocenters. The highest BCUT2D eigenvalue weighted by Gasteiger charge is 2.09. The summed E-state index contributed by atoms with van der Waals surface area (Å²) in [7, 11) is 0. The molecule has 0 heterocycles. The van der Waals surface area contributed by atoms with E-state index in [1.807, 2.05) is 19.1 Å². The van der Waals surface area contributed by atoms with Crippen LogP contribution in [-0.2, 0) is 4.79 Å². The van der Waals surface area contributed by atoms with Crippen molar-refractivity contribution in [2.24, 2.45) is 11.7 Å². The van der Waals surface area contributed by atoms with Gasteiger partial charge in [0.05, 0.1) is 18.6 Å². The molecule has 94 valence electrons. The van der Waals surface area contributed by atoms with Gasteiger partial charge in [-0.15, -0.1) is 0 Å². The van der Waals surface area contributed by atoms with Crippen molar-refractivity contribution in [1.82, 2.24) is 0 Å². The maximum absolute atomic E-state index is 10.8. The van der Waals surface area contributed by atoms with Crippen molar-refractivity contribution in [3.63, 3.8) is 0 Å². The number of rotatable bonds is 6. The summed E-state index contributed by atoms with van der Waals surface area (Å²) < 4.78 is 5.41. The minimum absolute atomic E-state index is 0.269. The normalized spacial score (nSPS) is 14.1. The lowest BCUT2D eigenvalue weighted by Gasteiger charge is -2.12. The van der Waals surface area contributed by atoms with Crippen molar-refractivity contribution in [2.45, 2.75) is 26.4 Å². The van der Waals surface area contributed by atoms with Gasteiger partial charge in [0.25, 0.3) is 0 Å². The van der Waals surface area contributed by atoms with Gasteiger partial charge in [0.1, 0.15) is 5.75 Å². The molecule has 0 aliphatic rings. The molecule has 1 aromatic rings. The smallest absolute Gasteiger partial charge is 0.223 e. The summed E-state index contributed by atoms with van der Waals surface area (Å²) in [6, 6.07) is 7.20. The average Bonchev–Trinajstić information content (AvgIpc) is 2.35. The SMILES string of the molecule is CC[C@H](O)c1ccc(OCC(C)C(N)=O)cc1. The van der Waals surface area contributed by atoms with E-state index in [2.05, 4.69) is 0 Å². The highest BCUT2D eigenvalue weighted by molar-refractivity contribution is 5.76. The number of carbonyl (C=O) groups excluding carboxylic acids is 1. The molecule has 1 rings (SSSR count). The Kier molecular flexibility index (Phi) is 4.97. The van der Waals surface area contributed by atoms with E-state index in [1.165, 1.54) is 0 Å². The third-order valence-electron chi connectivity index (χ3n) is 2.64. The van der Waals surface area contributed by atoms with Crippen molar-refractivity contribution in [3.05, 3.63) is 29.8 Å². The Bertz CT molecular complexity index is 361. The number of amides is 1. The first-order chi connectivity index (χ1) is 8.04. The molecule has 0 aromatic heterocycles. The first-order valence-electron chi connectivity index (χ1n) is 5.74. The van der Waals surface area contributed by atoms with Crippen molar-refractivity contribution in [2.75, 3.05) is 6.61 Å². The van der Waals surface area contributed by atoms with Crippen molar-refractivity contribution in [3.8, 4) is 5.75 Å². The Morgan fingerprint density at radius 1 is 1.41 bits per heavy atom. The number of hydrogen-bond acceptors (Lipinski definition) is 3. The molecule has 0 aliphatic carbocycles. The van der Waals surface area contributed by atoms with Crippen LogP contribution in [0.15, 0.2) is 24.3 Å². The molecule has 0 aliphatic heterocycles. The third kappa shape index (κ3) is 4.07. The van der Waals surface area contributed by atoms with Gasteiger partial charge in [-0.3, -0.25) is 4.79 Å². The van der Waals surface area contributed by atoms with Crippen LogP contribution < -0.4 is 10.5 Å². The first kappa shape index (κ1) is 13.5. The number of benzene rings is 1. The van der Waals surface area contributed by atoms with Gasteiger partial charge >= 0.3 is 0 Å². The van der Waals surface area contributed by atoms with Gasteiger partial charge < -0.3 is 15.6 Å². The van der Waals surface area contributed by atoms with Gasteiger partial charge in [0.15, 0.2) is 0 Å². The molecule has 4 heteroatoms. The molecule has 0 radical (unpaired) electrons. The van der Waals surface area contributed by atoms with Crippen LogP contribution in [0.3, 0.4) is 0 Å². The number of hydrogen-bond donors (Lipinski definition) is 2. The van der Waals surface area contributed by atoms with Gasteiger partial charge in [-0.1, -0.05) is 26.0 Å². The largest absolute Gasteiger partial charge is 0.493 e. The number of aliphatic hydroxyl groups is 1. The summed E-state index contributed by atoms with van der Waals surface area (Å²) in [6.07, 6.45) is 0.243. The van der Waals surface area contributed by atoms with Crippen LogP contribution in [0, 0.1) is 5.92 Å². The van der Waals surface area contributed by atoms with Crippen molar-refractivity contribution in [1.29, 1.82) is 0 Å². The molecule has 0 saturated heterocycles. The zero-order chi connectivity index (χ0) is 12.8. The molecule has 2 atom stereocenters. The van der Waals surface area contributed by atoms with Gasteiger partial charge in [0.2, 0.25) is 5.91 Å². The van der Waals surface area contributed by atoms with Crippen LogP contribution in [0.4, 0.5) is 0 Å². The maximum atomic E-state index is 10.8. The van der Waals surface area contributed by atoms with E-state index in [0.717, 1.165) is 5.56 Å². The van der Waals surface area contributed by atoms with E-state index in [9.17, 15) is 9.90 Å². The molecule has 0 spiro atoms. The second-order valence-electron chi connectivity index (χ2n) is 4.11. The monoisotopic (exact) mass is 237 g/mol. The first-order valence-corrected chi connectivity index (χ1v) is 5.74. The quantitative estimate of drug-likeness (QED) is 0.789. The average molecular weight is 237 g/mol. The second kappa shape index (κ2) is 6.25. The number of carbonyl (C=O) groups is 1. The van der Waals surface area contributed by atoms with Gasteiger partial charge in [-0.25, -0.2) is 0 Å². The van der Waals surface area contributed by atoms with E-state index in [4.69, 9.17) is 10.5 Å². The van der Waals surface area contributed by atoms with E-state index in [1.54, 1.807) is 19.1 Å². The molecule has 0 saturated carbocycles. The van der Waals surface area contributed by atoms with Gasteiger partial charge in [0, 0.05) is 0 Å². The minimum atomic E-state index is -0.436. The Morgan fingerprint density at radius 3 is 2.47 bits per heavy atom. The zero-order valence-corrected chi connectivity index (χ0v) is 10.2. The summed E-state index contributed by atoms with van der Waals surface area (Å²) in [6.45, 7) is 3.91. The lowest BCUT2D eigenvalue weighted by molar-refractivity contribution is -0.122. The number of aliphatic hydroxyl groups excluding tert-OH is 1. The van der Waals surface area contributed by atoms with Crippen molar-refractivity contribution >= 4 is 5.91 Å². The number of ether oxygens (including phenoxy) is 1. The fraction of sp³-hybridized carbons (Fsp3) is 0.462. The lowest BCUT2D eigenvalue weighted by Crippen LogP contribution is -2.25. The fourth-order valence-electron chi connectivity index (χ4n) is 1.33. The fourth-order valence-corrected chi connectivity index (χ4v) is 1.33. The van der Waals surface area contributed by atoms with E-state index in [-0.39, 0.29) is 18.4 Å². The van der Waals surface area contributed by atoms with Crippen LogP contribution >= 0.6 is 0 Å². The molecule has 0 fully saturated rings. The van der Waals surface area contributed by atoms with Crippen LogP contribution in [0.5, 0.6) is 5.75 Å². The van der Waals surface area contributed by atoms with Crippen LogP contribution in [-0.4, -0.2) is 17.6 Å². The highest BCUT2D eigenvalue weighted by Crippen LogP contribution is 2.20. The Morgan fingerprint density at radius 2 is 2.00 bits per heavy atom. The summed E-state index contributed by atoms with van der Waals surface area (Å²) >= 11 is 0. The maximum Gasteiger partial charge on any atom is 0.223 e. The lowest BCUT2D eigenvalue weighted by atomic mass is 10.1. The molecule has 1 amide bonds. The minimum Gasteiger partial charge on any atom is -0.493 e. The van der Waals surface area contributed by atoms with E-state index >= 15 is 0 Å². The highest BCUT2D eigenvalue weighted by atomic mass is 16.5. The summed E-state index contributed by atoms with van der Waals surface area (Å²) in [4.78, 5) is 10.8. The molecular formula is C13H19NO3. The predicted molar refractivity (Wildman–Crippen MR) is 65.5 cm³/mol. The standard InChI is InChI=1S/C13H19NO3/c1-3-12(15)10-4-6-11(7-5-10)17-8-9(2)13(14)16/h4-7,9,12,15H,3,8H2,1-2H3,(H2,14,16)/t9?,12-/m0/s1. The van der Waals surface area contributed by atoms with Gasteiger partial charge in [-0.2, -0.15) is 0 Å². The number of primary amides is 1. The number of nitrogens with two attached hydrogens (primary N) is 1. The van der Waals surface area contributed by atoms with Crippen LogP contribution in [0.1, 0.15) is 31.9 Å². The Balaban J connectivity index is 2.54. The van der Waals surface area contributed by atoms with Crippen molar-refractivity contribution < 1.29 is 14.6 Å². The third-order valence-corrected chi connectivity index (χ3v) is 2.64. The molecule has 1 aromatic carbocycles.